The molecule has 0 atom stereocenters. The third-order valence-corrected chi connectivity index (χ3v) is 5.45. The number of hydrogen-bond acceptors (Lipinski definition) is 8. The van der Waals surface area contributed by atoms with Crippen LogP contribution < -0.4 is 9.46 Å². The maximum atomic E-state index is 12.3. The highest BCUT2D eigenvalue weighted by Crippen LogP contribution is 2.30. The van der Waals surface area contributed by atoms with Crippen molar-refractivity contribution in [3.8, 4) is 5.75 Å². The van der Waals surface area contributed by atoms with Gasteiger partial charge < -0.3 is 9.15 Å². The Hall–Kier alpha value is -3.47. The van der Waals surface area contributed by atoms with E-state index in [1.807, 2.05) is 19.2 Å². The van der Waals surface area contributed by atoms with E-state index in [4.69, 9.17) is 9.15 Å². The lowest BCUT2D eigenvalue weighted by Crippen LogP contribution is -2.13. The van der Waals surface area contributed by atoms with Crippen LogP contribution in [0.4, 0.5) is 6.01 Å². The summed E-state index contributed by atoms with van der Waals surface area (Å²) < 4.78 is 39.6. The lowest BCUT2D eigenvalue weighted by molar-refractivity contribution is 0.409. The Morgan fingerprint density at radius 3 is 2.82 bits per heavy atom. The van der Waals surface area contributed by atoms with E-state index in [0.717, 1.165) is 16.5 Å². The molecule has 1 aromatic carbocycles. The SMILES string of the molecule is COc1ccc2cnn(C)c2c1Cc1nnc(NS(=O)(=O)c2cccnc2)o1. The van der Waals surface area contributed by atoms with E-state index < -0.39 is 10.0 Å². The van der Waals surface area contributed by atoms with Crippen molar-refractivity contribution < 1.29 is 17.6 Å². The molecule has 4 rings (SSSR count). The monoisotopic (exact) mass is 400 g/mol. The molecular formula is C17H16N6O4S. The fourth-order valence-corrected chi connectivity index (χ4v) is 3.78. The molecule has 4 aromatic rings. The average molecular weight is 400 g/mol. The Labute approximate surface area is 160 Å². The Morgan fingerprint density at radius 1 is 1.21 bits per heavy atom. The molecule has 10 nitrogen and oxygen atoms in total. The van der Waals surface area contributed by atoms with Crippen LogP contribution in [0.1, 0.15) is 11.5 Å². The summed E-state index contributed by atoms with van der Waals surface area (Å²) in [6.07, 6.45) is 4.71. The topological polar surface area (TPSA) is 125 Å². The molecule has 0 aliphatic carbocycles. The summed E-state index contributed by atoms with van der Waals surface area (Å²) in [6.45, 7) is 0. The number of methoxy groups -OCH3 is 1. The molecule has 3 heterocycles. The number of sulfonamides is 1. The van der Waals surface area contributed by atoms with Gasteiger partial charge in [0.05, 0.1) is 25.2 Å². The van der Waals surface area contributed by atoms with Crippen LogP contribution in [0, 0.1) is 0 Å². The molecular weight excluding hydrogens is 384 g/mol. The number of anilines is 1. The first-order chi connectivity index (χ1) is 13.5. The molecule has 0 aliphatic heterocycles. The molecule has 0 saturated carbocycles. The van der Waals surface area contributed by atoms with Crippen LogP contribution in [-0.4, -0.2) is 40.5 Å². The Balaban J connectivity index is 1.63. The molecule has 144 valence electrons. The lowest BCUT2D eigenvalue weighted by Gasteiger charge is -2.09. The number of benzene rings is 1. The maximum absolute atomic E-state index is 12.3. The first kappa shape index (κ1) is 17.9. The van der Waals surface area contributed by atoms with Gasteiger partial charge in [0.15, 0.2) is 0 Å². The molecule has 0 amide bonds. The van der Waals surface area contributed by atoms with Crippen LogP contribution in [0.3, 0.4) is 0 Å². The van der Waals surface area contributed by atoms with Crippen LogP contribution in [0.5, 0.6) is 5.75 Å². The largest absolute Gasteiger partial charge is 0.496 e. The van der Waals surface area contributed by atoms with Gasteiger partial charge in [0.25, 0.3) is 10.0 Å². The Kier molecular flexibility index (Phi) is 4.43. The van der Waals surface area contributed by atoms with Crippen LogP contribution in [0.25, 0.3) is 10.9 Å². The predicted octanol–water partition coefficient (Wildman–Crippen LogP) is 1.75. The van der Waals surface area contributed by atoms with Crippen LogP contribution in [-0.2, 0) is 23.5 Å². The van der Waals surface area contributed by atoms with Crippen LogP contribution in [0.2, 0.25) is 0 Å². The van der Waals surface area contributed by atoms with Crippen molar-refractivity contribution in [2.24, 2.45) is 7.05 Å². The highest BCUT2D eigenvalue weighted by Gasteiger charge is 2.20. The highest BCUT2D eigenvalue weighted by molar-refractivity contribution is 7.92. The van der Waals surface area contributed by atoms with E-state index in [2.05, 4.69) is 25.0 Å². The van der Waals surface area contributed by atoms with Crippen LogP contribution in [0.15, 0.2) is 52.2 Å². The van der Waals surface area contributed by atoms with Gasteiger partial charge in [0.1, 0.15) is 10.6 Å². The fraction of sp³-hybridized carbons (Fsp3) is 0.176. The van der Waals surface area contributed by atoms with Crippen molar-refractivity contribution in [3.05, 3.63) is 54.3 Å². The first-order valence-electron chi connectivity index (χ1n) is 8.21. The molecule has 0 saturated heterocycles. The summed E-state index contributed by atoms with van der Waals surface area (Å²) >= 11 is 0. The van der Waals surface area contributed by atoms with E-state index in [1.165, 1.54) is 24.5 Å². The minimum Gasteiger partial charge on any atom is -0.496 e. The molecule has 0 fully saturated rings. The van der Waals surface area contributed by atoms with Crippen molar-refractivity contribution >= 4 is 26.9 Å². The number of nitrogens with zero attached hydrogens (tertiary/aromatic N) is 5. The second kappa shape index (κ2) is 6.93. The van der Waals surface area contributed by atoms with Crippen molar-refractivity contribution in [1.82, 2.24) is 25.0 Å². The van der Waals surface area contributed by atoms with Gasteiger partial charge >= 0.3 is 6.01 Å². The standard InChI is InChI=1S/C17H16N6O4S/c1-23-16-11(9-19-23)5-6-14(26-2)13(16)8-15-20-21-17(27-15)22-28(24,25)12-4-3-7-18-10-12/h3-7,9-10H,8H2,1-2H3,(H,21,22). The number of pyridine rings is 1. The molecule has 3 aromatic heterocycles. The van der Waals surface area contributed by atoms with E-state index in [-0.39, 0.29) is 23.2 Å². The van der Waals surface area contributed by atoms with Crippen molar-refractivity contribution in [2.45, 2.75) is 11.3 Å². The first-order valence-corrected chi connectivity index (χ1v) is 9.69. The molecule has 28 heavy (non-hydrogen) atoms. The molecule has 0 spiro atoms. The highest BCUT2D eigenvalue weighted by atomic mass is 32.2. The molecule has 1 N–H and O–H groups in total. The van der Waals surface area contributed by atoms with Crippen molar-refractivity contribution in [1.29, 1.82) is 0 Å². The zero-order chi connectivity index (χ0) is 19.7. The Morgan fingerprint density at radius 2 is 2.07 bits per heavy atom. The summed E-state index contributed by atoms with van der Waals surface area (Å²) in [7, 11) is -0.468. The van der Waals surface area contributed by atoms with Gasteiger partial charge in [-0.1, -0.05) is 5.10 Å². The summed E-state index contributed by atoms with van der Waals surface area (Å²) in [5.74, 6) is 0.877. The zero-order valence-electron chi connectivity index (χ0n) is 15.0. The van der Waals surface area contributed by atoms with Gasteiger partial charge in [0, 0.05) is 30.4 Å². The van der Waals surface area contributed by atoms with E-state index in [1.54, 1.807) is 18.0 Å². The summed E-state index contributed by atoms with van der Waals surface area (Å²) in [5.41, 5.74) is 1.68. The molecule has 0 radical (unpaired) electrons. The summed E-state index contributed by atoms with van der Waals surface area (Å²) in [5, 5.41) is 12.9. The molecule has 0 bridgehead atoms. The second-order valence-electron chi connectivity index (χ2n) is 5.92. The number of hydrogen-bond donors (Lipinski definition) is 1. The van der Waals surface area contributed by atoms with E-state index in [0.29, 0.717) is 5.75 Å². The van der Waals surface area contributed by atoms with Gasteiger partial charge in [-0.2, -0.15) is 5.10 Å². The fourth-order valence-electron chi connectivity index (χ4n) is 2.89. The van der Waals surface area contributed by atoms with Gasteiger partial charge in [-0.15, -0.1) is 5.10 Å². The number of rotatable bonds is 6. The quantitative estimate of drug-likeness (QED) is 0.519. The second-order valence-corrected chi connectivity index (χ2v) is 7.61. The summed E-state index contributed by atoms with van der Waals surface area (Å²) in [4.78, 5) is 3.79. The van der Waals surface area contributed by atoms with Crippen molar-refractivity contribution in [3.63, 3.8) is 0 Å². The third-order valence-electron chi connectivity index (χ3n) is 4.15. The number of fused-ring (bicyclic) bond motifs is 1. The Bertz CT molecular complexity index is 1230. The van der Waals surface area contributed by atoms with Gasteiger partial charge in [-0.3, -0.25) is 9.67 Å². The normalized spacial score (nSPS) is 11.6. The third kappa shape index (κ3) is 3.27. The smallest absolute Gasteiger partial charge is 0.329 e. The van der Waals surface area contributed by atoms with Gasteiger partial charge in [-0.05, 0) is 24.3 Å². The molecule has 0 aliphatic rings. The number of aromatic nitrogens is 5. The summed E-state index contributed by atoms with van der Waals surface area (Å²) in [6, 6.07) is 6.46. The number of aryl methyl sites for hydroxylation is 1. The number of nitrogens with one attached hydrogen (secondary N) is 1. The van der Waals surface area contributed by atoms with Crippen molar-refractivity contribution in [2.75, 3.05) is 11.8 Å². The van der Waals surface area contributed by atoms with Gasteiger partial charge in [0.2, 0.25) is 5.89 Å². The zero-order valence-corrected chi connectivity index (χ0v) is 15.8. The number of ether oxygens (including phenoxy) is 1. The van der Waals surface area contributed by atoms with E-state index in [9.17, 15) is 8.42 Å². The average Bonchev–Trinajstić information content (AvgIpc) is 3.29. The minimum atomic E-state index is -3.87. The molecule has 11 heteroatoms. The predicted molar refractivity (Wildman–Crippen MR) is 99.4 cm³/mol. The van der Waals surface area contributed by atoms with Gasteiger partial charge in [-0.25, -0.2) is 13.1 Å². The molecule has 0 unspecified atom stereocenters. The van der Waals surface area contributed by atoms with E-state index >= 15 is 0 Å². The maximum Gasteiger partial charge on any atom is 0.329 e. The minimum absolute atomic E-state index is 0.00364. The van der Waals surface area contributed by atoms with Crippen LogP contribution >= 0.6 is 0 Å². The lowest BCUT2D eigenvalue weighted by atomic mass is 10.1.